The van der Waals surface area contributed by atoms with Gasteiger partial charge in [0.1, 0.15) is 5.82 Å². The normalized spacial score (nSPS) is 11.2. The second kappa shape index (κ2) is 6.70. The van der Waals surface area contributed by atoms with E-state index < -0.39 is 0 Å². The third kappa shape index (κ3) is 3.47. The van der Waals surface area contributed by atoms with Crippen molar-refractivity contribution in [2.24, 2.45) is 0 Å². The first-order valence-corrected chi connectivity index (χ1v) is 9.18. The molecule has 2 aromatic carbocycles. The average molecular weight is 356 g/mol. The van der Waals surface area contributed by atoms with Crippen molar-refractivity contribution in [1.82, 2.24) is 20.0 Å². The van der Waals surface area contributed by atoms with Crippen LogP contribution in [0.4, 0.5) is 4.39 Å². The van der Waals surface area contributed by atoms with Gasteiger partial charge in [0.2, 0.25) is 0 Å². The molecule has 0 aliphatic rings. The molecule has 0 N–H and O–H groups in total. The van der Waals surface area contributed by atoms with Crippen LogP contribution in [0.3, 0.4) is 0 Å². The van der Waals surface area contributed by atoms with Crippen LogP contribution in [-0.2, 0) is 12.3 Å². The maximum atomic E-state index is 12.9. The maximum absolute atomic E-state index is 12.9. The van der Waals surface area contributed by atoms with Gasteiger partial charge in [-0.2, -0.15) is 0 Å². The van der Waals surface area contributed by atoms with E-state index in [1.165, 1.54) is 16.8 Å². The fraction of sp³-hybridized carbons (Fsp3) is 0.118. The molecule has 7 heteroatoms. The monoisotopic (exact) mass is 356 g/mol. The number of benzene rings is 2. The zero-order valence-electron chi connectivity index (χ0n) is 12.6. The smallest absolute Gasteiger partial charge is 0.151 e. The van der Waals surface area contributed by atoms with Gasteiger partial charge in [-0.3, -0.25) is 0 Å². The first-order chi connectivity index (χ1) is 11.8. The van der Waals surface area contributed by atoms with Gasteiger partial charge < -0.3 is 0 Å². The Balaban J connectivity index is 1.40. The van der Waals surface area contributed by atoms with Crippen molar-refractivity contribution in [3.05, 3.63) is 71.8 Å². The minimum atomic E-state index is -0.231. The van der Waals surface area contributed by atoms with Crippen molar-refractivity contribution >= 4 is 33.3 Å². The molecule has 2 aromatic heterocycles. The molecule has 120 valence electrons. The molecule has 0 aliphatic carbocycles. The van der Waals surface area contributed by atoms with Gasteiger partial charge in [0.05, 0.1) is 22.5 Å². The summed E-state index contributed by atoms with van der Waals surface area (Å²) in [5.41, 5.74) is 2.93. The zero-order valence-corrected chi connectivity index (χ0v) is 14.2. The molecule has 0 atom stereocenters. The highest BCUT2D eigenvalue weighted by Gasteiger charge is 2.07. The van der Waals surface area contributed by atoms with Crippen molar-refractivity contribution in [3.8, 4) is 0 Å². The molecular weight excluding hydrogens is 343 g/mol. The van der Waals surface area contributed by atoms with Crippen LogP contribution < -0.4 is 0 Å². The predicted molar refractivity (Wildman–Crippen MR) is 94.7 cm³/mol. The van der Waals surface area contributed by atoms with Crippen LogP contribution in [0.1, 0.15) is 11.3 Å². The fourth-order valence-electron chi connectivity index (χ4n) is 2.31. The first kappa shape index (κ1) is 15.3. The Bertz CT molecular complexity index is 929. The third-order valence-corrected chi connectivity index (χ3v) is 5.67. The van der Waals surface area contributed by atoms with Crippen LogP contribution in [0.25, 0.3) is 10.2 Å². The SMILES string of the molecule is Fc1ccc(Cn2cc(CSc3nc4ccccc4s3)nn2)cc1. The lowest BCUT2D eigenvalue weighted by molar-refractivity contribution is 0.621. The molecule has 0 radical (unpaired) electrons. The van der Waals surface area contributed by atoms with Crippen molar-refractivity contribution in [3.63, 3.8) is 0 Å². The standard InChI is InChI=1S/C17H13FN4S2/c18-13-7-5-12(6-8-13)9-22-10-14(20-21-22)11-23-17-19-15-3-1-2-4-16(15)24-17/h1-8,10H,9,11H2. The summed E-state index contributed by atoms with van der Waals surface area (Å²) in [4.78, 5) is 4.60. The number of thiazole rings is 1. The Morgan fingerprint density at radius 2 is 1.92 bits per heavy atom. The highest BCUT2D eigenvalue weighted by atomic mass is 32.2. The van der Waals surface area contributed by atoms with E-state index >= 15 is 0 Å². The van der Waals surface area contributed by atoms with E-state index in [4.69, 9.17) is 0 Å². The minimum absolute atomic E-state index is 0.231. The lowest BCUT2D eigenvalue weighted by Gasteiger charge is -2.00. The zero-order chi connectivity index (χ0) is 16.4. The van der Waals surface area contributed by atoms with E-state index in [0.29, 0.717) is 6.54 Å². The second-order valence-electron chi connectivity index (χ2n) is 5.27. The van der Waals surface area contributed by atoms with E-state index in [0.717, 1.165) is 26.9 Å². The van der Waals surface area contributed by atoms with E-state index in [2.05, 4.69) is 21.4 Å². The number of aromatic nitrogens is 4. The molecule has 0 spiro atoms. The van der Waals surface area contributed by atoms with Crippen LogP contribution in [0.5, 0.6) is 0 Å². The number of thioether (sulfide) groups is 1. The number of halogens is 1. The van der Waals surface area contributed by atoms with Crippen LogP contribution in [-0.4, -0.2) is 20.0 Å². The summed E-state index contributed by atoms with van der Waals surface area (Å²) < 4.78 is 16.9. The topological polar surface area (TPSA) is 43.6 Å². The Morgan fingerprint density at radius 1 is 1.08 bits per heavy atom. The largest absolute Gasteiger partial charge is 0.248 e. The van der Waals surface area contributed by atoms with Gasteiger partial charge in [-0.15, -0.1) is 16.4 Å². The summed E-state index contributed by atoms with van der Waals surface area (Å²) in [6.45, 7) is 0.582. The van der Waals surface area contributed by atoms with E-state index in [9.17, 15) is 4.39 Å². The third-order valence-electron chi connectivity index (χ3n) is 3.46. The fourth-order valence-corrected chi connectivity index (χ4v) is 4.25. The van der Waals surface area contributed by atoms with Crippen LogP contribution in [0, 0.1) is 5.82 Å². The molecule has 24 heavy (non-hydrogen) atoms. The summed E-state index contributed by atoms with van der Waals surface area (Å²) in [6.07, 6.45) is 1.92. The van der Waals surface area contributed by atoms with Crippen LogP contribution in [0.15, 0.2) is 59.1 Å². The lowest BCUT2D eigenvalue weighted by atomic mass is 10.2. The summed E-state index contributed by atoms with van der Waals surface area (Å²) in [6, 6.07) is 14.5. The minimum Gasteiger partial charge on any atom is -0.248 e. The van der Waals surface area contributed by atoms with Crippen molar-refractivity contribution < 1.29 is 4.39 Å². The maximum Gasteiger partial charge on any atom is 0.151 e. The van der Waals surface area contributed by atoms with Crippen molar-refractivity contribution in [2.75, 3.05) is 0 Å². The van der Waals surface area contributed by atoms with Crippen LogP contribution in [0.2, 0.25) is 0 Å². The molecule has 0 bridgehead atoms. The highest BCUT2D eigenvalue weighted by Crippen LogP contribution is 2.30. The van der Waals surface area contributed by atoms with Crippen molar-refractivity contribution in [1.29, 1.82) is 0 Å². The molecule has 0 unspecified atom stereocenters. The quantitative estimate of drug-likeness (QED) is 0.498. The van der Waals surface area contributed by atoms with E-state index in [1.54, 1.807) is 39.9 Å². The van der Waals surface area contributed by atoms with Gasteiger partial charge in [-0.05, 0) is 29.8 Å². The molecule has 4 rings (SSSR count). The average Bonchev–Trinajstić information content (AvgIpc) is 3.21. The first-order valence-electron chi connectivity index (χ1n) is 7.38. The number of nitrogens with zero attached hydrogens (tertiary/aromatic N) is 4. The Hall–Kier alpha value is -2.25. The van der Waals surface area contributed by atoms with E-state index in [-0.39, 0.29) is 5.82 Å². The lowest BCUT2D eigenvalue weighted by Crippen LogP contribution is -2.00. The molecule has 4 aromatic rings. The van der Waals surface area contributed by atoms with Gasteiger partial charge in [-0.25, -0.2) is 14.1 Å². The molecule has 0 fully saturated rings. The molecule has 4 nitrogen and oxygen atoms in total. The summed E-state index contributed by atoms with van der Waals surface area (Å²) >= 11 is 3.35. The summed E-state index contributed by atoms with van der Waals surface area (Å²) in [5, 5.41) is 8.33. The predicted octanol–water partition coefficient (Wildman–Crippen LogP) is 4.37. The van der Waals surface area contributed by atoms with Crippen molar-refractivity contribution in [2.45, 2.75) is 16.6 Å². The molecule has 0 amide bonds. The highest BCUT2D eigenvalue weighted by molar-refractivity contribution is 8.00. The number of hydrogen-bond donors (Lipinski definition) is 0. The number of para-hydroxylation sites is 1. The molecule has 2 heterocycles. The Kier molecular flexibility index (Phi) is 4.27. The molecule has 0 saturated carbocycles. The summed E-state index contributed by atoms with van der Waals surface area (Å²) in [5.74, 6) is 0.494. The molecule has 0 saturated heterocycles. The van der Waals surface area contributed by atoms with Gasteiger partial charge in [0.15, 0.2) is 4.34 Å². The Morgan fingerprint density at radius 3 is 2.75 bits per heavy atom. The number of fused-ring (bicyclic) bond motifs is 1. The molecular formula is C17H13FN4S2. The number of rotatable bonds is 5. The van der Waals surface area contributed by atoms with E-state index in [1.807, 2.05) is 24.4 Å². The molecule has 0 aliphatic heterocycles. The second-order valence-corrected chi connectivity index (χ2v) is 7.52. The van der Waals surface area contributed by atoms with Gasteiger partial charge >= 0.3 is 0 Å². The number of hydrogen-bond acceptors (Lipinski definition) is 5. The van der Waals surface area contributed by atoms with Gasteiger partial charge in [0.25, 0.3) is 0 Å². The Labute approximate surface area is 146 Å². The van der Waals surface area contributed by atoms with Crippen LogP contribution >= 0.6 is 23.1 Å². The van der Waals surface area contributed by atoms with Gasteiger partial charge in [-0.1, -0.05) is 41.2 Å². The summed E-state index contributed by atoms with van der Waals surface area (Å²) in [7, 11) is 0. The van der Waals surface area contributed by atoms with Gasteiger partial charge in [0, 0.05) is 11.9 Å².